The average Bonchev–Trinajstić information content (AvgIpc) is 3.03. The Hall–Kier alpha value is -3.67. The van der Waals surface area contributed by atoms with E-state index < -0.39 is 0 Å². The quantitative estimate of drug-likeness (QED) is 0.287. The Morgan fingerprint density at radius 1 is 0.895 bits per heavy atom. The van der Waals surface area contributed by atoms with Crippen molar-refractivity contribution in [3.63, 3.8) is 0 Å². The van der Waals surface area contributed by atoms with Crippen molar-refractivity contribution in [2.75, 3.05) is 38.1 Å². The first-order valence-electron chi connectivity index (χ1n) is 13.3. The van der Waals surface area contributed by atoms with Gasteiger partial charge in [-0.2, -0.15) is 0 Å². The molecule has 0 saturated carbocycles. The minimum atomic E-state index is -0.114. The number of para-hydroxylation sites is 1. The zero-order chi connectivity index (χ0) is 27.7. The minimum Gasteiger partial charge on any atom is -0.497 e. The number of nitrogens with one attached hydrogen (secondary N) is 1. The number of methoxy groups -OCH3 is 3. The fourth-order valence-corrected chi connectivity index (χ4v) is 4.59. The van der Waals surface area contributed by atoms with Gasteiger partial charge in [-0.1, -0.05) is 47.9 Å². The van der Waals surface area contributed by atoms with Crippen molar-refractivity contribution in [2.45, 2.75) is 59.8 Å². The standard InChI is InChI=1S/C32H42N2O4/c1-8-24(14-9-12-22(2)3)15-10-13-23(4)18-19-34-27-20-25(36-5)21-29(38-7)31(27)33-30-26(32(34)35)16-11-17-28(30)37-6/h11-12,15-18,20-21,33H,8-10,13-14,19H2,1-7H3/b23-18+,24-15+. The van der Waals surface area contributed by atoms with Crippen LogP contribution in [0.4, 0.5) is 17.1 Å². The van der Waals surface area contributed by atoms with Crippen molar-refractivity contribution < 1.29 is 19.0 Å². The molecule has 6 nitrogen and oxygen atoms in total. The summed E-state index contributed by atoms with van der Waals surface area (Å²) in [6.45, 7) is 9.08. The maximum Gasteiger partial charge on any atom is 0.260 e. The molecule has 0 aromatic heterocycles. The molecule has 0 radical (unpaired) electrons. The molecule has 1 N–H and O–H groups in total. The molecular weight excluding hydrogens is 476 g/mol. The molecule has 204 valence electrons. The molecule has 1 aliphatic heterocycles. The van der Waals surface area contributed by atoms with Crippen LogP contribution in [0.15, 0.2) is 65.3 Å². The number of carbonyl (C=O) groups is 1. The van der Waals surface area contributed by atoms with Crippen molar-refractivity contribution in [3.05, 3.63) is 70.8 Å². The Balaban J connectivity index is 1.89. The Kier molecular flexibility index (Phi) is 10.5. The molecule has 0 aliphatic carbocycles. The summed E-state index contributed by atoms with van der Waals surface area (Å²) in [4.78, 5) is 15.6. The number of carbonyl (C=O) groups excluding carboxylic acids is 1. The number of fused-ring (bicyclic) bond motifs is 2. The minimum absolute atomic E-state index is 0.114. The van der Waals surface area contributed by atoms with Crippen LogP contribution < -0.4 is 24.4 Å². The van der Waals surface area contributed by atoms with E-state index in [4.69, 9.17) is 14.2 Å². The van der Waals surface area contributed by atoms with Crippen LogP contribution in [0.1, 0.15) is 70.2 Å². The van der Waals surface area contributed by atoms with Crippen LogP contribution in [-0.2, 0) is 0 Å². The summed E-state index contributed by atoms with van der Waals surface area (Å²) in [5.74, 6) is 1.68. The van der Waals surface area contributed by atoms with Crippen LogP contribution in [0, 0.1) is 0 Å². The molecule has 0 bridgehead atoms. The second kappa shape index (κ2) is 13.8. The van der Waals surface area contributed by atoms with Gasteiger partial charge >= 0.3 is 0 Å². The van der Waals surface area contributed by atoms with Crippen LogP contribution >= 0.6 is 0 Å². The van der Waals surface area contributed by atoms with Gasteiger partial charge in [0.2, 0.25) is 0 Å². The first-order valence-corrected chi connectivity index (χ1v) is 13.3. The number of amides is 1. The zero-order valence-electron chi connectivity index (χ0n) is 23.9. The number of nitrogens with zero attached hydrogens (tertiary/aromatic N) is 1. The second-order valence-corrected chi connectivity index (χ2v) is 9.77. The number of allylic oxidation sites excluding steroid dienone is 5. The van der Waals surface area contributed by atoms with Gasteiger partial charge < -0.3 is 24.4 Å². The van der Waals surface area contributed by atoms with Crippen molar-refractivity contribution in [1.82, 2.24) is 0 Å². The second-order valence-electron chi connectivity index (χ2n) is 9.77. The summed E-state index contributed by atoms with van der Waals surface area (Å²) >= 11 is 0. The molecule has 0 spiro atoms. The molecule has 1 aliphatic rings. The molecular formula is C32H42N2O4. The van der Waals surface area contributed by atoms with Crippen LogP contribution in [-0.4, -0.2) is 33.8 Å². The first kappa shape index (κ1) is 28.9. The smallest absolute Gasteiger partial charge is 0.260 e. The van der Waals surface area contributed by atoms with E-state index in [9.17, 15) is 4.79 Å². The number of hydrogen-bond acceptors (Lipinski definition) is 5. The number of hydrogen-bond donors (Lipinski definition) is 1. The molecule has 1 amide bonds. The molecule has 2 aromatic carbocycles. The fraction of sp³-hybridized carbons (Fsp3) is 0.406. The highest BCUT2D eigenvalue weighted by molar-refractivity contribution is 6.15. The van der Waals surface area contributed by atoms with Gasteiger partial charge in [-0.05, 0) is 65.0 Å². The third-order valence-electron chi connectivity index (χ3n) is 6.84. The summed E-state index contributed by atoms with van der Waals surface area (Å²) in [5, 5.41) is 3.42. The Morgan fingerprint density at radius 3 is 2.29 bits per heavy atom. The lowest BCUT2D eigenvalue weighted by Crippen LogP contribution is -2.30. The number of rotatable bonds is 12. The van der Waals surface area contributed by atoms with E-state index in [0.717, 1.165) is 32.1 Å². The Labute approximate surface area is 228 Å². The molecule has 0 atom stereocenters. The monoisotopic (exact) mass is 518 g/mol. The maximum atomic E-state index is 13.9. The van der Waals surface area contributed by atoms with Gasteiger partial charge in [0.25, 0.3) is 5.91 Å². The third-order valence-corrected chi connectivity index (χ3v) is 6.84. The predicted octanol–water partition coefficient (Wildman–Crippen LogP) is 8.23. The number of ether oxygens (including phenoxy) is 3. The lowest BCUT2D eigenvalue weighted by molar-refractivity contribution is 0.0991. The third kappa shape index (κ3) is 7.00. The van der Waals surface area contributed by atoms with E-state index in [1.165, 1.54) is 16.7 Å². The summed E-state index contributed by atoms with van der Waals surface area (Å²) in [6, 6.07) is 9.17. The van der Waals surface area contributed by atoms with Crippen LogP contribution in [0.2, 0.25) is 0 Å². The van der Waals surface area contributed by atoms with Crippen LogP contribution in [0.5, 0.6) is 17.2 Å². The number of anilines is 3. The van der Waals surface area contributed by atoms with E-state index in [-0.39, 0.29) is 5.91 Å². The van der Waals surface area contributed by atoms with Gasteiger partial charge in [-0.25, -0.2) is 0 Å². The summed E-state index contributed by atoms with van der Waals surface area (Å²) in [6.07, 6.45) is 12.1. The summed E-state index contributed by atoms with van der Waals surface area (Å²) in [5.41, 5.74) is 6.67. The lowest BCUT2D eigenvalue weighted by Gasteiger charge is -2.23. The molecule has 2 aromatic rings. The normalized spacial score (nSPS) is 13.2. The molecule has 0 fully saturated rings. The fourth-order valence-electron chi connectivity index (χ4n) is 4.59. The average molecular weight is 519 g/mol. The van der Waals surface area contributed by atoms with Crippen molar-refractivity contribution in [1.29, 1.82) is 0 Å². The zero-order valence-corrected chi connectivity index (χ0v) is 23.9. The SMILES string of the molecule is CC/C(=C\CC/C(C)=C/CN1C(=O)c2cccc(OC)c2Nc2c(OC)cc(OC)cc21)CCC=C(C)C. The summed E-state index contributed by atoms with van der Waals surface area (Å²) < 4.78 is 16.8. The van der Waals surface area contributed by atoms with E-state index in [1.807, 2.05) is 30.3 Å². The van der Waals surface area contributed by atoms with Gasteiger partial charge in [0.15, 0.2) is 0 Å². The Morgan fingerprint density at radius 2 is 1.63 bits per heavy atom. The van der Waals surface area contributed by atoms with Crippen molar-refractivity contribution in [3.8, 4) is 17.2 Å². The molecule has 0 unspecified atom stereocenters. The lowest BCUT2D eigenvalue weighted by atomic mass is 10.0. The van der Waals surface area contributed by atoms with Crippen LogP contribution in [0.25, 0.3) is 0 Å². The predicted molar refractivity (Wildman–Crippen MR) is 158 cm³/mol. The highest BCUT2D eigenvalue weighted by Crippen LogP contribution is 2.46. The molecule has 38 heavy (non-hydrogen) atoms. The van der Waals surface area contributed by atoms with E-state index in [0.29, 0.717) is 46.4 Å². The largest absolute Gasteiger partial charge is 0.497 e. The first-order chi connectivity index (χ1) is 18.3. The molecule has 3 rings (SSSR count). The molecule has 1 heterocycles. The van der Waals surface area contributed by atoms with E-state index in [1.54, 1.807) is 26.2 Å². The maximum absolute atomic E-state index is 13.9. The topological polar surface area (TPSA) is 60.0 Å². The summed E-state index contributed by atoms with van der Waals surface area (Å²) in [7, 11) is 4.82. The van der Waals surface area contributed by atoms with E-state index in [2.05, 4.69) is 51.2 Å². The van der Waals surface area contributed by atoms with E-state index >= 15 is 0 Å². The van der Waals surface area contributed by atoms with Crippen LogP contribution in [0.3, 0.4) is 0 Å². The Bertz CT molecular complexity index is 1220. The molecule has 0 saturated heterocycles. The highest BCUT2D eigenvalue weighted by atomic mass is 16.5. The van der Waals surface area contributed by atoms with Gasteiger partial charge in [0, 0.05) is 18.7 Å². The van der Waals surface area contributed by atoms with Gasteiger partial charge in [0.05, 0.1) is 38.3 Å². The highest BCUT2D eigenvalue weighted by Gasteiger charge is 2.30. The van der Waals surface area contributed by atoms with Gasteiger partial charge in [-0.3, -0.25) is 4.79 Å². The van der Waals surface area contributed by atoms with Gasteiger partial charge in [0.1, 0.15) is 22.9 Å². The number of benzene rings is 2. The molecule has 6 heteroatoms. The van der Waals surface area contributed by atoms with Crippen molar-refractivity contribution >= 4 is 23.0 Å². The van der Waals surface area contributed by atoms with Gasteiger partial charge in [-0.15, -0.1) is 0 Å². The van der Waals surface area contributed by atoms with Crippen molar-refractivity contribution in [2.24, 2.45) is 0 Å².